The van der Waals surface area contributed by atoms with Crippen molar-refractivity contribution in [1.82, 2.24) is 4.98 Å². The molecule has 6 nitrogen and oxygen atoms in total. The summed E-state index contributed by atoms with van der Waals surface area (Å²) < 4.78 is 0. The second kappa shape index (κ2) is 9.57. The van der Waals surface area contributed by atoms with Crippen molar-refractivity contribution in [2.75, 3.05) is 5.43 Å². The minimum Gasteiger partial charge on any atom is -0.277 e. The monoisotopic (exact) mass is 422 g/mol. The summed E-state index contributed by atoms with van der Waals surface area (Å²) in [5, 5.41) is 23.8. The number of hydrazone groups is 1. The summed E-state index contributed by atoms with van der Waals surface area (Å²) >= 11 is 1.28. The highest BCUT2D eigenvalue weighted by atomic mass is 32.1. The molecule has 3 aromatic carbocycles. The fourth-order valence-electron chi connectivity index (χ4n) is 2.73. The molecule has 0 unspecified atom stereocenters. The zero-order valence-electron chi connectivity index (χ0n) is 16.7. The van der Waals surface area contributed by atoms with Gasteiger partial charge < -0.3 is 0 Å². The van der Waals surface area contributed by atoms with Crippen LogP contribution in [0.3, 0.4) is 0 Å². The predicted octanol–water partition coefficient (Wildman–Crippen LogP) is 6.87. The van der Waals surface area contributed by atoms with E-state index in [4.69, 9.17) is 0 Å². The van der Waals surface area contributed by atoms with Crippen molar-refractivity contribution < 1.29 is 0 Å². The van der Waals surface area contributed by atoms with Crippen LogP contribution in [0.25, 0.3) is 11.3 Å². The maximum Gasteiger partial charge on any atom is 0.196 e. The van der Waals surface area contributed by atoms with Crippen LogP contribution in [-0.2, 0) is 0 Å². The van der Waals surface area contributed by atoms with Crippen LogP contribution >= 0.6 is 11.3 Å². The summed E-state index contributed by atoms with van der Waals surface area (Å²) in [6.07, 6.45) is 0. The van der Waals surface area contributed by atoms with Gasteiger partial charge in [0.05, 0.1) is 11.4 Å². The first-order valence-corrected chi connectivity index (χ1v) is 10.4. The van der Waals surface area contributed by atoms with Crippen LogP contribution < -0.4 is 5.43 Å². The van der Waals surface area contributed by atoms with E-state index >= 15 is 0 Å². The molecule has 1 heterocycles. The van der Waals surface area contributed by atoms with Gasteiger partial charge in [-0.25, -0.2) is 4.98 Å². The molecule has 31 heavy (non-hydrogen) atoms. The Labute approximate surface area is 184 Å². The predicted molar refractivity (Wildman–Crippen MR) is 125 cm³/mol. The summed E-state index contributed by atoms with van der Waals surface area (Å²) in [5.41, 5.74) is 7.36. The Morgan fingerprint density at radius 2 is 1.58 bits per heavy atom. The quantitative estimate of drug-likeness (QED) is 0.209. The number of nitrogens with one attached hydrogen (secondary N) is 1. The number of benzene rings is 3. The Bertz CT molecular complexity index is 1250. The number of nitriles is 1. The first-order chi connectivity index (χ1) is 15.2. The first kappa shape index (κ1) is 20.1. The van der Waals surface area contributed by atoms with Crippen molar-refractivity contribution >= 4 is 33.4 Å². The number of aromatic nitrogens is 1. The Morgan fingerprint density at radius 3 is 2.26 bits per heavy atom. The zero-order valence-corrected chi connectivity index (χ0v) is 17.5. The van der Waals surface area contributed by atoms with E-state index in [0.717, 1.165) is 22.5 Å². The van der Waals surface area contributed by atoms with Crippen LogP contribution in [0.5, 0.6) is 0 Å². The summed E-state index contributed by atoms with van der Waals surface area (Å²) in [6, 6.07) is 29.1. The summed E-state index contributed by atoms with van der Waals surface area (Å²) in [5.74, 6) is 0. The smallest absolute Gasteiger partial charge is 0.196 e. The molecule has 0 saturated carbocycles. The van der Waals surface area contributed by atoms with Crippen molar-refractivity contribution in [3.8, 4) is 17.3 Å². The van der Waals surface area contributed by atoms with E-state index in [1.165, 1.54) is 11.3 Å². The van der Waals surface area contributed by atoms with Crippen LogP contribution in [0.1, 0.15) is 10.6 Å². The van der Waals surface area contributed by atoms with Crippen molar-refractivity contribution in [1.29, 1.82) is 5.26 Å². The SMILES string of the molecule is Cc1ccc(N/N=C(\C#N)c2nc(-c3ccccc3)c(N=Nc3ccccc3)s2)cc1. The van der Waals surface area contributed by atoms with E-state index in [-0.39, 0.29) is 5.71 Å². The molecule has 0 atom stereocenters. The second-order valence-electron chi connectivity index (χ2n) is 6.62. The van der Waals surface area contributed by atoms with Gasteiger partial charge in [0.1, 0.15) is 11.8 Å². The molecule has 1 N–H and O–H groups in total. The van der Waals surface area contributed by atoms with Gasteiger partial charge >= 0.3 is 0 Å². The molecule has 0 aliphatic rings. The van der Waals surface area contributed by atoms with E-state index in [9.17, 15) is 5.26 Å². The van der Waals surface area contributed by atoms with Crippen LogP contribution in [0, 0.1) is 18.3 Å². The normalized spacial score (nSPS) is 11.4. The van der Waals surface area contributed by atoms with Gasteiger partial charge in [0.15, 0.2) is 15.7 Å². The van der Waals surface area contributed by atoms with Gasteiger partial charge in [-0.3, -0.25) is 5.43 Å². The summed E-state index contributed by atoms with van der Waals surface area (Å²) in [4.78, 5) is 4.66. The second-order valence-corrected chi connectivity index (χ2v) is 7.60. The van der Waals surface area contributed by atoms with E-state index in [1.54, 1.807) is 0 Å². The van der Waals surface area contributed by atoms with Crippen molar-refractivity contribution in [2.24, 2.45) is 15.3 Å². The number of anilines is 1. The molecule has 7 heteroatoms. The molecule has 0 amide bonds. The molecular weight excluding hydrogens is 404 g/mol. The van der Waals surface area contributed by atoms with E-state index in [1.807, 2.05) is 91.9 Å². The highest BCUT2D eigenvalue weighted by Gasteiger charge is 2.17. The molecule has 0 radical (unpaired) electrons. The van der Waals surface area contributed by atoms with E-state index in [2.05, 4.69) is 31.8 Å². The van der Waals surface area contributed by atoms with E-state index in [0.29, 0.717) is 15.7 Å². The Morgan fingerprint density at radius 1 is 0.903 bits per heavy atom. The van der Waals surface area contributed by atoms with Crippen LogP contribution in [0.4, 0.5) is 16.4 Å². The third-order valence-electron chi connectivity index (χ3n) is 4.33. The molecule has 0 aliphatic heterocycles. The lowest BCUT2D eigenvalue weighted by molar-refractivity contribution is 1.24. The van der Waals surface area contributed by atoms with Gasteiger partial charge in [0, 0.05) is 5.56 Å². The maximum absolute atomic E-state index is 9.67. The Balaban J connectivity index is 1.69. The van der Waals surface area contributed by atoms with Gasteiger partial charge in [-0.15, -0.1) is 10.2 Å². The van der Waals surface area contributed by atoms with Crippen molar-refractivity contribution in [2.45, 2.75) is 6.92 Å². The zero-order chi connectivity index (χ0) is 21.5. The van der Waals surface area contributed by atoms with Crippen LogP contribution in [0.2, 0.25) is 0 Å². The highest BCUT2D eigenvalue weighted by Crippen LogP contribution is 2.37. The van der Waals surface area contributed by atoms with Gasteiger partial charge in [-0.05, 0) is 31.2 Å². The van der Waals surface area contributed by atoms with Crippen molar-refractivity contribution in [3.05, 3.63) is 95.5 Å². The molecule has 150 valence electrons. The Kier molecular flexibility index (Phi) is 6.21. The van der Waals surface area contributed by atoms with Gasteiger partial charge in [0.2, 0.25) is 0 Å². The standard InChI is InChI=1S/C24H18N6S/c1-17-12-14-20(15-13-17)27-29-21(16-25)23-26-22(18-8-4-2-5-9-18)24(31-23)30-28-19-10-6-3-7-11-19/h2-15,27H,1H3/b29-21+,30-28?. The lowest BCUT2D eigenvalue weighted by atomic mass is 10.2. The fourth-order valence-corrected chi connectivity index (χ4v) is 3.58. The fraction of sp³-hybridized carbons (Fsp3) is 0.0417. The molecule has 4 aromatic rings. The topological polar surface area (TPSA) is 85.8 Å². The van der Waals surface area contributed by atoms with E-state index < -0.39 is 0 Å². The number of hydrogen-bond acceptors (Lipinski definition) is 7. The van der Waals surface area contributed by atoms with Crippen molar-refractivity contribution in [3.63, 3.8) is 0 Å². The molecule has 0 aliphatic carbocycles. The molecular formula is C24H18N6S. The number of azo groups is 1. The van der Waals surface area contributed by atoms with Gasteiger partial charge in [0.25, 0.3) is 0 Å². The summed E-state index contributed by atoms with van der Waals surface area (Å²) in [6.45, 7) is 2.01. The van der Waals surface area contributed by atoms with Crippen LogP contribution in [0.15, 0.2) is 100 Å². The third kappa shape index (κ3) is 5.07. The number of hydrogen-bond donors (Lipinski definition) is 1. The highest BCUT2D eigenvalue weighted by molar-refractivity contribution is 7.18. The molecule has 1 aromatic heterocycles. The first-order valence-electron chi connectivity index (χ1n) is 9.57. The number of nitrogens with zero attached hydrogens (tertiary/aromatic N) is 5. The largest absolute Gasteiger partial charge is 0.277 e. The van der Waals surface area contributed by atoms with Gasteiger partial charge in [-0.2, -0.15) is 10.4 Å². The summed E-state index contributed by atoms with van der Waals surface area (Å²) in [7, 11) is 0. The third-order valence-corrected chi connectivity index (χ3v) is 5.27. The number of rotatable bonds is 6. The Hall–Kier alpha value is -4.15. The minimum atomic E-state index is 0.184. The van der Waals surface area contributed by atoms with Gasteiger partial charge in [-0.1, -0.05) is 77.6 Å². The maximum atomic E-state index is 9.67. The number of thiazole rings is 1. The lowest BCUT2D eigenvalue weighted by Crippen LogP contribution is -2.01. The molecule has 4 rings (SSSR count). The number of aryl methyl sites for hydroxylation is 1. The molecule has 0 saturated heterocycles. The average Bonchev–Trinajstić information content (AvgIpc) is 3.25. The molecule has 0 spiro atoms. The lowest BCUT2D eigenvalue weighted by Gasteiger charge is -2.00. The minimum absolute atomic E-state index is 0.184. The molecule has 0 fully saturated rings. The average molecular weight is 423 g/mol. The molecule has 0 bridgehead atoms. The van der Waals surface area contributed by atoms with Crippen LogP contribution in [-0.4, -0.2) is 10.7 Å².